The van der Waals surface area contributed by atoms with Crippen LogP contribution in [0.15, 0.2) is 18.2 Å². The van der Waals surface area contributed by atoms with Crippen molar-refractivity contribution in [1.29, 1.82) is 0 Å². The molecule has 1 saturated heterocycles. The van der Waals surface area contributed by atoms with E-state index in [9.17, 15) is 18.9 Å². The Morgan fingerprint density at radius 2 is 2.10 bits per heavy atom. The van der Waals surface area contributed by atoms with Gasteiger partial charge in [-0.2, -0.15) is 11.8 Å². The zero-order valence-electron chi connectivity index (χ0n) is 11.4. The molecule has 0 amide bonds. The van der Waals surface area contributed by atoms with Gasteiger partial charge in [0.25, 0.3) is 12.1 Å². The van der Waals surface area contributed by atoms with Crippen LogP contribution in [0.3, 0.4) is 0 Å². The summed E-state index contributed by atoms with van der Waals surface area (Å²) < 4.78 is 26.0. The number of nitro groups is 1. The monoisotopic (exact) mass is 317 g/mol. The second-order valence-electron chi connectivity index (χ2n) is 4.71. The average molecular weight is 317 g/mol. The third kappa shape index (κ3) is 4.53. The molecule has 0 unspecified atom stereocenters. The van der Waals surface area contributed by atoms with Crippen LogP contribution in [0.4, 0.5) is 20.2 Å². The van der Waals surface area contributed by atoms with Crippen LogP contribution >= 0.6 is 11.8 Å². The quantitative estimate of drug-likeness (QED) is 0.645. The number of hydrogen-bond acceptors (Lipinski definition) is 5. The molecular weight excluding hydrogens is 300 g/mol. The first kappa shape index (κ1) is 16.0. The first-order valence-electron chi connectivity index (χ1n) is 6.68. The number of anilines is 1. The number of rotatable bonds is 6. The van der Waals surface area contributed by atoms with Gasteiger partial charge >= 0.3 is 0 Å². The Morgan fingerprint density at radius 3 is 2.71 bits per heavy atom. The topological polar surface area (TPSA) is 58.4 Å². The molecule has 0 saturated carbocycles. The van der Waals surface area contributed by atoms with Crippen molar-refractivity contribution >= 4 is 23.1 Å². The summed E-state index contributed by atoms with van der Waals surface area (Å²) in [6.07, 6.45) is -2.74. The summed E-state index contributed by atoms with van der Waals surface area (Å²) in [6.45, 7) is 3.34. The van der Waals surface area contributed by atoms with Crippen LogP contribution in [0.5, 0.6) is 0 Å². The Balaban J connectivity index is 1.96. The van der Waals surface area contributed by atoms with E-state index in [-0.39, 0.29) is 16.9 Å². The average Bonchev–Trinajstić information content (AvgIpc) is 2.48. The van der Waals surface area contributed by atoms with Gasteiger partial charge < -0.3 is 5.32 Å². The van der Waals surface area contributed by atoms with E-state index in [0.717, 1.165) is 37.2 Å². The van der Waals surface area contributed by atoms with E-state index in [0.29, 0.717) is 6.54 Å². The van der Waals surface area contributed by atoms with Crippen molar-refractivity contribution in [2.75, 3.05) is 43.0 Å². The van der Waals surface area contributed by atoms with Crippen molar-refractivity contribution in [3.8, 4) is 0 Å². The summed E-state index contributed by atoms with van der Waals surface area (Å²) in [7, 11) is 0. The lowest BCUT2D eigenvalue weighted by molar-refractivity contribution is -0.385. The summed E-state index contributed by atoms with van der Waals surface area (Å²) in [5, 5.41) is 13.6. The lowest BCUT2D eigenvalue weighted by atomic mass is 10.1. The molecule has 0 radical (unpaired) electrons. The maximum absolute atomic E-state index is 13.0. The molecule has 116 valence electrons. The van der Waals surface area contributed by atoms with Crippen molar-refractivity contribution in [3.05, 3.63) is 33.9 Å². The van der Waals surface area contributed by atoms with Crippen molar-refractivity contribution < 1.29 is 13.7 Å². The van der Waals surface area contributed by atoms with Crippen molar-refractivity contribution in [2.24, 2.45) is 0 Å². The number of hydrogen-bond donors (Lipinski definition) is 1. The number of nitro benzene ring substituents is 1. The van der Waals surface area contributed by atoms with Gasteiger partial charge in [0.05, 0.1) is 4.92 Å². The fraction of sp³-hybridized carbons (Fsp3) is 0.538. The minimum Gasteiger partial charge on any atom is -0.383 e. The van der Waals surface area contributed by atoms with Gasteiger partial charge in [0.1, 0.15) is 0 Å². The van der Waals surface area contributed by atoms with Gasteiger partial charge in [0, 0.05) is 61.1 Å². The minimum atomic E-state index is -2.74. The summed E-state index contributed by atoms with van der Waals surface area (Å²) in [4.78, 5) is 12.2. The maximum atomic E-state index is 13.0. The number of benzene rings is 1. The largest absolute Gasteiger partial charge is 0.383 e. The number of alkyl halides is 2. The molecule has 8 heteroatoms. The van der Waals surface area contributed by atoms with Gasteiger partial charge in [0.2, 0.25) is 0 Å². The lowest BCUT2D eigenvalue weighted by Gasteiger charge is -2.26. The molecule has 2 rings (SSSR count). The van der Waals surface area contributed by atoms with E-state index in [4.69, 9.17) is 0 Å². The molecule has 21 heavy (non-hydrogen) atoms. The van der Waals surface area contributed by atoms with Gasteiger partial charge in [-0.05, 0) is 6.07 Å². The SMILES string of the molecule is O=[N+]([O-])c1ccc(NCCN2CCSCC2)c(C(F)F)c1. The minimum absolute atomic E-state index is 0.266. The van der Waals surface area contributed by atoms with Crippen LogP contribution in [0.2, 0.25) is 0 Å². The molecule has 0 aliphatic carbocycles. The molecule has 0 spiro atoms. The van der Waals surface area contributed by atoms with Crippen LogP contribution < -0.4 is 5.32 Å². The van der Waals surface area contributed by atoms with Crippen LogP contribution in [-0.2, 0) is 0 Å². The van der Waals surface area contributed by atoms with Crippen molar-refractivity contribution in [3.63, 3.8) is 0 Å². The zero-order chi connectivity index (χ0) is 15.2. The summed E-state index contributed by atoms with van der Waals surface area (Å²) in [5.74, 6) is 2.19. The second-order valence-corrected chi connectivity index (χ2v) is 5.93. The van der Waals surface area contributed by atoms with Crippen LogP contribution in [0.1, 0.15) is 12.0 Å². The molecule has 1 N–H and O–H groups in total. The Bertz CT molecular complexity index is 496. The van der Waals surface area contributed by atoms with Crippen LogP contribution in [0, 0.1) is 10.1 Å². The predicted octanol–water partition coefficient (Wildman–Crippen LogP) is 2.99. The smallest absolute Gasteiger partial charge is 0.270 e. The number of non-ortho nitro benzene ring substituents is 1. The van der Waals surface area contributed by atoms with Gasteiger partial charge in [-0.15, -0.1) is 0 Å². The predicted molar refractivity (Wildman–Crippen MR) is 80.3 cm³/mol. The zero-order valence-corrected chi connectivity index (χ0v) is 12.2. The Labute approximate surface area is 125 Å². The molecule has 1 heterocycles. The molecule has 1 aliphatic heterocycles. The third-order valence-corrected chi connectivity index (χ3v) is 4.27. The molecule has 5 nitrogen and oxygen atoms in total. The third-order valence-electron chi connectivity index (χ3n) is 3.33. The fourth-order valence-electron chi connectivity index (χ4n) is 2.18. The molecule has 1 aliphatic rings. The summed E-state index contributed by atoms with van der Waals surface area (Å²) >= 11 is 1.91. The van der Waals surface area contributed by atoms with Gasteiger partial charge in [-0.1, -0.05) is 0 Å². The second kappa shape index (κ2) is 7.56. The molecule has 0 aromatic heterocycles. The summed E-state index contributed by atoms with van der Waals surface area (Å²) in [5.41, 5.74) is -0.371. The van der Waals surface area contributed by atoms with Crippen molar-refractivity contribution in [1.82, 2.24) is 4.90 Å². The molecular formula is C13H17F2N3O2S. The standard InChI is InChI=1S/C13H17F2N3O2S/c14-13(15)11-9-10(18(19)20)1-2-12(11)16-3-4-17-5-7-21-8-6-17/h1-2,9,13,16H,3-8H2. The Hall–Kier alpha value is -1.41. The van der Waals surface area contributed by atoms with Crippen LogP contribution in [-0.4, -0.2) is 47.5 Å². The normalized spacial score (nSPS) is 16.1. The maximum Gasteiger partial charge on any atom is 0.270 e. The van der Waals surface area contributed by atoms with E-state index >= 15 is 0 Å². The first-order chi connectivity index (χ1) is 10.1. The highest BCUT2D eigenvalue weighted by molar-refractivity contribution is 7.99. The highest BCUT2D eigenvalue weighted by atomic mass is 32.2. The van der Waals surface area contributed by atoms with Gasteiger partial charge in [0.15, 0.2) is 0 Å². The lowest BCUT2D eigenvalue weighted by Crippen LogP contribution is -2.36. The van der Waals surface area contributed by atoms with Gasteiger partial charge in [-0.3, -0.25) is 15.0 Å². The van der Waals surface area contributed by atoms with E-state index < -0.39 is 11.3 Å². The van der Waals surface area contributed by atoms with Gasteiger partial charge in [-0.25, -0.2) is 8.78 Å². The van der Waals surface area contributed by atoms with Crippen LogP contribution in [0.25, 0.3) is 0 Å². The number of halogens is 2. The first-order valence-corrected chi connectivity index (χ1v) is 7.84. The molecule has 1 fully saturated rings. The number of nitrogens with one attached hydrogen (secondary N) is 1. The van der Waals surface area contributed by atoms with E-state index in [1.807, 2.05) is 11.8 Å². The number of thioether (sulfide) groups is 1. The number of nitrogens with zero attached hydrogens (tertiary/aromatic N) is 2. The molecule has 1 aromatic rings. The van der Waals surface area contributed by atoms with Crippen molar-refractivity contribution in [2.45, 2.75) is 6.43 Å². The molecule has 0 bridgehead atoms. The molecule has 0 atom stereocenters. The van der Waals surface area contributed by atoms with E-state index in [2.05, 4.69) is 10.2 Å². The van der Waals surface area contributed by atoms with E-state index in [1.54, 1.807) is 0 Å². The highest BCUT2D eigenvalue weighted by Crippen LogP contribution is 2.30. The van der Waals surface area contributed by atoms with E-state index in [1.165, 1.54) is 12.1 Å². The fourth-order valence-corrected chi connectivity index (χ4v) is 3.16. The Kier molecular flexibility index (Phi) is 5.75. The molecule has 1 aromatic carbocycles. The summed E-state index contributed by atoms with van der Waals surface area (Å²) in [6, 6.07) is 3.53. The Morgan fingerprint density at radius 1 is 1.38 bits per heavy atom. The highest BCUT2D eigenvalue weighted by Gasteiger charge is 2.18.